The first-order valence-electron chi connectivity index (χ1n) is 9.04. The van der Waals surface area contributed by atoms with E-state index in [2.05, 4.69) is 10.3 Å². The molecule has 27 heavy (non-hydrogen) atoms. The second-order valence-corrected chi connectivity index (χ2v) is 6.82. The third-order valence-electron chi connectivity index (χ3n) is 4.81. The van der Waals surface area contributed by atoms with Crippen LogP contribution >= 0.6 is 0 Å². The highest BCUT2D eigenvalue weighted by Gasteiger charge is 2.36. The van der Waals surface area contributed by atoms with Crippen LogP contribution in [0.2, 0.25) is 0 Å². The lowest BCUT2D eigenvalue weighted by Gasteiger charge is -2.37. The second-order valence-electron chi connectivity index (χ2n) is 6.82. The van der Waals surface area contributed by atoms with E-state index in [9.17, 15) is 9.59 Å². The van der Waals surface area contributed by atoms with Crippen molar-refractivity contribution in [3.8, 4) is 11.5 Å². The quantitative estimate of drug-likeness (QED) is 0.536. The number of nitrogens with one attached hydrogen (secondary N) is 2. The highest BCUT2D eigenvalue weighted by atomic mass is 16.5. The maximum absolute atomic E-state index is 12.7. The van der Waals surface area contributed by atoms with Crippen molar-refractivity contribution in [1.29, 1.82) is 0 Å². The molecular weight excluding hydrogens is 346 g/mol. The SMILES string of the molecule is O=C(CC1(NC(=O)c2ccc(Oc3ccncc3)cc2)CCCCC1)NO. The van der Waals surface area contributed by atoms with Gasteiger partial charge in [-0.3, -0.25) is 19.8 Å². The van der Waals surface area contributed by atoms with Gasteiger partial charge in [0.1, 0.15) is 11.5 Å². The summed E-state index contributed by atoms with van der Waals surface area (Å²) in [5.74, 6) is 0.555. The molecule has 0 bridgehead atoms. The molecule has 1 aliphatic carbocycles. The van der Waals surface area contributed by atoms with Gasteiger partial charge in [-0.1, -0.05) is 19.3 Å². The zero-order valence-electron chi connectivity index (χ0n) is 15.0. The molecule has 2 aromatic rings. The van der Waals surface area contributed by atoms with Crippen molar-refractivity contribution in [2.75, 3.05) is 0 Å². The second kappa shape index (κ2) is 8.64. The Hall–Kier alpha value is -2.93. The summed E-state index contributed by atoms with van der Waals surface area (Å²) in [7, 11) is 0. The van der Waals surface area contributed by atoms with E-state index in [0.29, 0.717) is 17.1 Å². The minimum atomic E-state index is -0.617. The summed E-state index contributed by atoms with van der Waals surface area (Å²) in [4.78, 5) is 28.3. The first kappa shape index (κ1) is 18.8. The highest BCUT2D eigenvalue weighted by Crippen LogP contribution is 2.31. The molecule has 142 valence electrons. The van der Waals surface area contributed by atoms with Crippen LogP contribution in [-0.4, -0.2) is 27.5 Å². The number of ether oxygens (including phenoxy) is 1. The van der Waals surface area contributed by atoms with E-state index in [-0.39, 0.29) is 12.3 Å². The Balaban J connectivity index is 1.67. The zero-order chi connectivity index (χ0) is 19.1. The van der Waals surface area contributed by atoms with E-state index in [4.69, 9.17) is 9.94 Å². The Morgan fingerprint density at radius 3 is 2.26 bits per heavy atom. The maximum atomic E-state index is 12.7. The Morgan fingerprint density at radius 2 is 1.63 bits per heavy atom. The molecule has 0 saturated heterocycles. The van der Waals surface area contributed by atoms with Gasteiger partial charge in [-0.05, 0) is 49.2 Å². The molecule has 2 amide bonds. The first-order valence-corrected chi connectivity index (χ1v) is 9.04. The molecule has 1 heterocycles. The molecule has 0 atom stereocenters. The molecule has 0 unspecified atom stereocenters. The average molecular weight is 369 g/mol. The molecule has 0 radical (unpaired) electrons. The van der Waals surface area contributed by atoms with Crippen LogP contribution in [0, 0.1) is 0 Å². The van der Waals surface area contributed by atoms with E-state index >= 15 is 0 Å². The molecule has 1 aromatic heterocycles. The van der Waals surface area contributed by atoms with Gasteiger partial charge in [0.05, 0.1) is 6.42 Å². The summed E-state index contributed by atoms with van der Waals surface area (Å²) in [5.41, 5.74) is 1.54. The van der Waals surface area contributed by atoms with Gasteiger partial charge in [0.25, 0.3) is 5.91 Å². The third-order valence-corrected chi connectivity index (χ3v) is 4.81. The number of hydrogen-bond acceptors (Lipinski definition) is 5. The van der Waals surface area contributed by atoms with Gasteiger partial charge in [0.2, 0.25) is 5.91 Å². The van der Waals surface area contributed by atoms with Crippen molar-refractivity contribution in [2.24, 2.45) is 0 Å². The molecule has 0 spiro atoms. The number of aromatic nitrogens is 1. The number of carbonyl (C=O) groups excluding carboxylic acids is 2. The van der Waals surface area contributed by atoms with Gasteiger partial charge in [0.15, 0.2) is 0 Å². The maximum Gasteiger partial charge on any atom is 0.251 e. The highest BCUT2D eigenvalue weighted by molar-refractivity contribution is 5.95. The summed E-state index contributed by atoms with van der Waals surface area (Å²) in [5, 5.41) is 11.9. The minimum Gasteiger partial charge on any atom is -0.457 e. The van der Waals surface area contributed by atoms with Crippen molar-refractivity contribution in [3.05, 3.63) is 54.4 Å². The van der Waals surface area contributed by atoms with Crippen LogP contribution in [0.15, 0.2) is 48.8 Å². The molecule has 1 aliphatic rings. The average Bonchev–Trinajstić information content (AvgIpc) is 2.69. The number of nitrogens with zero attached hydrogens (tertiary/aromatic N) is 1. The van der Waals surface area contributed by atoms with E-state index in [0.717, 1.165) is 32.1 Å². The smallest absolute Gasteiger partial charge is 0.251 e. The summed E-state index contributed by atoms with van der Waals surface area (Å²) in [6.07, 6.45) is 7.75. The lowest BCUT2D eigenvalue weighted by molar-refractivity contribution is -0.131. The molecule has 0 aliphatic heterocycles. The standard InChI is InChI=1S/C20H23N3O4/c24-18(23-26)14-20(10-2-1-3-11-20)22-19(25)15-4-6-16(7-5-15)27-17-8-12-21-13-9-17/h4-9,12-13,26H,1-3,10-11,14H2,(H,22,25)(H,23,24). The number of carbonyl (C=O) groups is 2. The molecule has 1 fully saturated rings. The fourth-order valence-corrected chi connectivity index (χ4v) is 3.45. The van der Waals surface area contributed by atoms with Gasteiger partial charge in [-0.2, -0.15) is 0 Å². The van der Waals surface area contributed by atoms with Crippen LogP contribution in [-0.2, 0) is 4.79 Å². The molecule has 7 nitrogen and oxygen atoms in total. The minimum absolute atomic E-state index is 0.0679. The summed E-state index contributed by atoms with van der Waals surface area (Å²) >= 11 is 0. The van der Waals surface area contributed by atoms with Crippen molar-refractivity contribution in [1.82, 2.24) is 15.8 Å². The zero-order valence-corrected chi connectivity index (χ0v) is 15.0. The van der Waals surface area contributed by atoms with Gasteiger partial charge >= 0.3 is 0 Å². The van der Waals surface area contributed by atoms with E-state index < -0.39 is 11.4 Å². The predicted octanol–water partition coefficient (Wildman–Crippen LogP) is 3.20. The van der Waals surface area contributed by atoms with Crippen LogP contribution in [0.5, 0.6) is 11.5 Å². The van der Waals surface area contributed by atoms with Crippen molar-refractivity contribution in [3.63, 3.8) is 0 Å². The number of rotatable bonds is 6. The summed E-state index contributed by atoms with van der Waals surface area (Å²) < 4.78 is 5.70. The van der Waals surface area contributed by atoms with Gasteiger partial charge in [-0.25, -0.2) is 5.48 Å². The van der Waals surface area contributed by atoms with Crippen molar-refractivity contribution >= 4 is 11.8 Å². The van der Waals surface area contributed by atoms with E-state index in [1.165, 1.54) is 0 Å². The lowest BCUT2D eigenvalue weighted by Crippen LogP contribution is -2.52. The number of hydrogen-bond donors (Lipinski definition) is 3. The molecule has 1 aromatic carbocycles. The predicted molar refractivity (Wildman–Crippen MR) is 98.6 cm³/mol. The normalized spacial score (nSPS) is 15.6. The van der Waals surface area contributed by atoms with Crippen molar-refractivity contribution in [2.45, 2.75) is 44.1 Å². The lowest BCUT2D eigenvalue weighted by atomic mass is 9.79. The topological polar surface area (TPSA) is 101 Å². The Kier molecular flexibility index (Phi) is 6.03. The van der Waals surface area contributed by atoms with Crippen LogP contribution < -0.4 is 15.5 Å². The van der Waals surface area contributed by atoms with Crippen LogP contribution in [0.3, 0.4) is 0 Å². The Bertz CT molecular complexity index is 772. The number of benzene rings is 1. The van der Waals surface area contributed by atoms with E-state index in [1.54, 1.807) is 54.3 Å². The molecule has 3 N–H and O–H groups in total. The number of hydroxylamine groups is 1. The fourth-order valence-electron chi connectivity index (χ4n) is 3.45. The van der Waals surface area contributed by atoms with Crippen LogP contribution in [0.25, 0.3) is 0 Å². The number of amides is 2. The van der Waals surface area contributed by atoms with Gasteiger partial charge in [0, 0.05) is 23.5 Å². The van der Waals surface area contributed by atoms with Crippen LogP contribution in [0.4, 0.5) is 0 Å². The van der Waals surface area contributed by atoms with Gasteiger partial charge < -0.3 is 10.1 Å². The third kappa shape index (κ3) is 5.04. The molecule has 7 heteroatoms. The summed E-state index contributed by atoms with van der Waals surface area (Å²) in [6, 6.07) is 10.3. The van der Waals surface area contributed by atoms with E-state index in [1.807, 2.05) is 0 Å². The van der Waals surface area contributed by atoms with Gasteiger partial charge in [-0.15, -0.1) is 0 Å². The first-order chi connectivity index (χ1) is 13.1. The molecular formula is C20H23N3O4. The van der Waals surface area contributed by atoms with Crippen molar-refractivity contribution < 1.29 is 19.5 Å². The van der Waals surface area contributed by atoms with Crippen LogP contribution in [0.1, 0.15) is 48.9 Å². The monoisotopic (exact) mass is 369 g/mol. The largest absolute Gasteiger partial charge is 0.457 e. The molecule has 1 saturated carbocycles. The summed E-state index contributed by atoms with van der Waals surface area (Å²) in [6.45, 7) is 0. The Labute approximate surface area is 157 Å². The Morgan fingerprint density at radius 1 is 1.00 bits per heavy atom. The molecule has 3 rings (SSSR count). The fraction of sp³-hybridized carbons (Fsp3) is 0.350. The number of pyridine rings is 1.